The average molecular weight is 769 g/mol. The molecule has 0 radical (unpaired) electrons. The molecule has 0 spiro atoms. The summed E-state index contributed by atoms with van der Waals surface area (Å²) in [7, 11) is 0. The van der Waals surface area contributed by atoms with E-state index in [1.54, 1.807) is 23.1 Å². The van der Waals surface area contributed by atoms with Crippen LogP contribution in [0.4, 0.5) is 0 Å². The third kappa shape index (κ3) is 8.81. The zero-order valence-corrected chi connectivity index (χ0v) is 34.1. The van der Waals surface area contributed by atoms with Crippen molar-refractivity contribution in [3.8, 4) is 22.6 Å². The van der Waals surface area contributed by atoms with Crippen molar-refractivity contribution in [1.29, 1.82) is 0 Å². The number of fused-ring (bicyclic) bond motifs is 3. The van der Waals surface area contributed by atoms with Gasteiger partial charge in [-0.2, -0.15) is 0 Å². The van der Waals surface area contributed by atoms with E-state index in [-0.39, 0.29) is 23.4 Å². The minimum atomic E-state index is -0.656. The van der Waals surface area contributed by atoms with Crippen molar-refractivity contribution in [3.63, 3.8) is 0 Å². The standard InChI is InChI=1S/C44H52N2O4S3/c1-7-42(4,5)53-41-46-45-40(52-41)51-29-33(48)28-50-35-24-20-31(21-25-35)44(38-16-12-10-14-36(38)37-15-11-13-17-39(37)44)30-18-22-34(23-19-30)49-27-32(47)26-43(6,8-2)9-3/h10-25,32-33,47-48H,7-9,26-29H2,1-6H3. The second-order valence-corrected chi connectivity index (χ2v) is 19.1. The Labute approximate surface area is 327 Å². The van der Waals surface area contributed by atoms with Gasteiger partial charge in [0.25, 0.3) is 0 Å². The lowest BCUT2D eigenvalue weighted by Gasteiger charge is -2.34. The second kappa shape index (κ2) is 17.0. The second-order valence-electron chi connectivity index (χ2n) is 14.9. The lowest BCUT2D eigenvalue weighted by atomic mass is 9.68. The number of hydrogen-bond acceptors (Lipinski definition) is 9. The molecule has 2 N–H and O–H groups in total. The van der Waals surface area contributed by atoms with Crippen molar-refractivity contribution >= 4 is 34.9 Å². The summed E-state index contributed by atoms with van der Waals surface area (Å²) in [5, 5.41) is 30.2. The van der Waals surface area contributed by atoms with Gasteiger partial charge in [0.15, 0.2) is 8.68 Å². The maximum atomic E-state index is 10.8. The molecule has 9 heteroatoms. The highest BCUT2D eigenvalue weighted by Crippen LogP contribution is 2.56. The van der Waals surface area contributed by atoms with Crippen LogP contribution in [0.15, 0.2) is 106 Å². The summed E-state index contributed by atoms with van der Waals surface area (Å²) in [5.41, 5.74) is 6.69. The molecule has 5 aromatic rings. The van der Waals surface area contributed by atoms with Gasteiger partial charge >= 0.3 is 0 Å². The predicted octanol–water partition coefficient (Wildman–Crippen LogP) is 10.7. The van der Waals surface area contributed by atoms with Crippen molar-refractivity contribution in [2.75, 3.05) is 19.0 Å². The fourth-order valence-corrected chi connectivity index (χ4v) is 10.5. The van der Waals surface area contributed by atoms with E-state index in [4.69, 9.17) is 9.47 Å². The van der Waals surface area contributed by atoms with E-state index in [2.05, 4.69) is 125 Å². The van der Waals surface area contributed by atoms with E-state index < -0.39 is 17.6 Å². The first kappa shape index (κ1) is 39.4. The first-order valence-corrected chi connectivity index (χ1v) is 21.3. The number of ether oxygens (including phenoxy) is 2. The third-order valence-electron chi connectivity index (χ3n) is 10.8. The minimum Gasteiger partial charge on any atom is -0.491 e. The lowest BCUT2D eigenvalue weighted by Crippen LogP contribution is -2.28. The van der Waals surface area contributed by atoms with E-state index in [1.165, 1.54) is 34.0 Å². The Morgan fingerprint density at radius 3 is 1.66 bits per heavy atom. The normalized spacial score (nSPS) is 14.7. The van der Waals surface area contributed by atoms with Gasteiger partial charge in [0.1, 0.15) is 24.7 Å². The van der Waals surface area contributed by atoms with Crippen LogP contribution in [0.1, 0.15) is 89.5 Å². The Morgan fingerprint density at radius 2 is 1.15 bits per heavy atom. The molecule has 0 amide bonds. The number of rotatable bonds is 18. The van der Waals surface area contributed by atoms with Crippen molar-refractivity contribution < 1.29 is 19.7 Å². The maximum absolute atomic E-state index is 10.8. The Bertz CT molecular complexity index is 1890. The van der Waals surface area contributed by atoms with E-state index in [9.17, 15) is 10.2 Å². The number of aliphatic hydroxyl groups is 2. The van der Waals surface area contributed by atoms with Gasteiger partial charge < -0.3 is 19.7 Å². The molecule has 2 atom stereocenters. The van der Waals surface area contributed by atoms with Gasteiger partial charge in [-0.25, -0.2) is 0 Å². The molecule has 1 heterocycles. The third-order valence-corrected chi connectivity index (χ3v) is 14.4. The molecule has 0 aliphatic heterocycles. The smallest absolute Gasteiger partial charge is 0.175 e. The van der Waals surface area contributed by atoms with E-state index in [0.717, 1.165) is 44.8 Å². The molecular weight excluding hydrogens is 717 g/mol. The van der Waals surface area contributed by atoms with Crippen LogP contribution in [-0.4, -0.2) is 56.3 Å². The average Bonchev–Trinajstić information content (AvgIpc) is 3.75. The van der Waals surface area contributed by atoms with Gasteiger partial charge in [-0.15, -0.1) is 10.2 Å². The number of nitrogens with zero attached hydrogens (tertiary/aromatic N) is 2. The Hall–Kier alpha value is -3.34. The van der Waals surface area contributed by atoms with Crippen LogP contribution in [0.5, 0.6) is 11.5 Å². The fourth-order valence-electron chi connectivity index (χ4n) is 7.00. The molecule has 0 saturated carbocycles. The van der Waals surface area contributed by atoms with Crippen LogP contribution in [0.2, 0.25) is 0 Å². The summed E-state index contributed by atoms with van der Waals surface area (Å²) < 4.78 is 14.2. The zero-order chi connectivity index (χ0) is 37.6. The molecule has 280 valence electrons. The van der Waals surface area contributed by atoms with Gasteiger partial charge in [0, 0.05) is 10.5 Å². The summed E-state index contributed by atoms with van der Waals surface area (Å²) >= 11 is 4.83. The zero-order valence-electron chi connectivity index (χ0n) is 31.7. The van der Waals surface area contributed by atoms with Crippen molar-refractivity contribution in [3.05, 3.63) is 119 Å². The fraction of sp³-hybridized carbons (Fsp3) is 0.409. The summed E-state index contributed by atoms with van der Waals surface area (Å²) in [6.07, 6.45) is 2.64. The van der Waals surface area contributed by atoms with Crippen LogP contribution < -0.4 is 9.47 Å². The predicted molar refractivity (Wildman–Crippen MR) is 221 cm³/mol. The number of benzene rings is 4. The van der Waals surface area contributed by atoms with Gasteiger partial charge in [0.05, 0.1) is 17.6 Å². The Balaban J connectivity index is 1.19. The number of thioether (sulfide) groups is 2. The molecule has 4 aromatic carbocycles. The highest BCUT2D eigenvalue weighted by atomic mass is 32.2. The molecule has 0 fully saturated rings. The topological polar surface area (TPSA) is 84.7 Å². The van der Waals surface area contributed by atoms with Crippen molar-refractivity contribution in [2.24, 2.45) is 5.41 Å². The molecule has 1 aliphatic rings. The van der Waals surface area contributed by atoms with Gasteiger partial charge in [-0.1, -0.05) is 162 Å². The van der Waals surface area contributed by atoms with Gasteiger partial charge in [-0.3, -0.25) is 0 Å². The highest BCUT2D eigenvalue weighted by molar-refractivity contribution is 8.04. The van der Waals surface area contributed by atoms with Crippen molar-refractivity contribution in [1.82, 2.24) is 10.2 Å². The molecule has 0 bridgehead atoms. The van der Waals surface area contributed by atoms with Gasteiger partial charge in [0.2, 0.25) is 0 Å². The van der Waals surface area contributed by atoms with Crippen LogP contribution in [0, 0.1) is 5.41 Å². The molecule has 0 saturated heterocycles. The quantitative estimate of drug-likeness (QED) is 0.0836. The maximum Gasteiger partial charge on any atom is 0.175 e. The van der Waals surface area contributed by atoms with Crippen LogP contribution in [-0.2, 0) is 5.41 Å². The van der Waals surface area contributed by atoms with Crippen LogP contribution in [0.25, 0.3) is 11.1 Å². The summed E-state index contributed by atoms with van der Waals surface area (Å²) in [5.74, 6) is 1.91. The monoisotopic (exact) mass is 768 g/mol. The summed E-state index contributed by atoms with van der Waals surface area (Å²) in [6, 6.07) is 34.0. The first-order chi connectivity index (χ1) is 25.5. The number of hydrogen-bond donors (Lipinski definition) is 2. The van der Waals surface area contributed by atoms with E-state index >= 15 is 0 Å². The number of aromatic nitrogens is 2. The lowest BCUT2D eigenvalue weighted by molar-refractivity contribution is 0.0578. The van der Waals surface area contributed by atoms with Gasteiger partial charge in [-0.05, 0) is 75.9 Å². The Morgan fingerprint density at radius 1 is 0.660 bits per heavy atom. The highest BCUT2D eigenvalue weighted by Gasteiger charge is 2.45. The molecule has 53 heavy (non-hydrogen) atoms. The van der Waals surface area contributed by atoms with E-state index in [1.807, 2.05) is 24.3 Å². The van der Waals surface area contributed by atoms with Crippen molar-refractivity contribution in [2.45, 2.75) is 98.3 Å². The largest absolute Gasteiger partial charge is 0.491 e. The SMILES string of the molecule is CCC(C)(CC)CC(O)COc1ccc(C2(c3ccc(OCC(O)CSc4nnc(SC(C)(C)CC)s4)cc3)c3ccccc3-c3ccccc32)cc1. The molecule has 1 aromatic heterocycles. The molecule has 1 aliphatic carbocycles. The molecule has 2 unspecified atom stereocenters. The minimum absolute atomic E-state index is 0.108. The van der Waals surface area contributed by atoms with E-state index in [0.29, 0.717) is 17.9 Å². The number of aliphatic hydroxyl groups excluding tert-OH is 2. The summed E-state index contributed by atoms with van der Waals surface area (Å²) in [4.78, 5) is 0. The van der Waals surface area contributed by atoms with Crippen LogP contribution >= 0.6 is 34.9 Å². The Kier molecular flexibility index (Phi) is 12.6. The molecular formula is C44H52N2O4S3. The molecule has 6 rings (SSSR count). The molecule has 6 nitrogen and oxygen atoms in total. The van der Waals surface area contributed by atoms with Crippen LogP contribution in [0.3, 0.4) is 0 Å². The summed E-state index contributed by atoms with van der Waals surface area (Å²) in [6.45, 7) is 13.6. The first-order valence-electron chi connectivity index (χ1n) is 18.7.